The van der Waals surface area contributed by atoms with Gasteiger partial charge < -0.3 is 13.9 Å². The lowest BCUT2D eigenvalue weighted by molar-refractivity contribution is 0.0490. The predicted molar refractivity (Wildman–Crippen MR) is 91.6 cm³/mol. The van der Waals surface area contributed by atoms with Gasteiger partial charge in [-0.2, -0.15) is 0 Å². The average Bonchev–Trinajstić information content (AvgIpc) is 2.54. The van der Waals surface area contributed by atoms with Gasteiger partial charge in [0.2, 0.25) is 5.76 Å². The Morgan fingerprint density at radius 2 is 2.04 bits per heavy atom. The molecule has 124 valence electrons. The molecule has 2 rings (SSSR count). The van der Waals surface area contributed by atoms with E-state index in [1.165, 1.54) is 0 Å². The summed E-state index contributed by atoms with van der Waals surface area (Å²) < 4.78 is 16.0. The Morgan fingerprint density at radius 1 is 1.22 bits per heavy atom. The zero-order valence-corrected chi connectivity index (χ0v) is 14.6. The van der Waals surface area contributed by atoms with Gasteiger partial charge in [-0.25, -0.2) is 4.79 Å². The van der Waals surface area contributed by atoms with Crippen molar-refractivity contribution in [3.63, 3.8) is 0 Å². The van der Waals surface area contributed by atoms with Gasteiger partial charge in [-0.1, -0.05) is 15.9 Å². The fraction of sp³-hybridized carbons (Fsp3) is 0.412. The smallest absolute Gasteiger partial charge is 0.374 e. The topological polar surface area (TPSA) is 65.7 Å². The van der Waals surface area contributed by atoms with Gasteiger partial charge in [0.05, 0.1) is 18.6 Å². The van der Waals surface area contributed by atoms with Crippen LogP contribution in [-0.2, 0) is 4.74 Å². The Morgan fingerprint density at radius 3 is 2.78 bits per heavy atom. The number of hydrogen-bond donors (Lipinski definition) is 0. The van der Waals surface area contributed by atoms with Gasteiger partial charge in [-0.05, 0) is 38.3 Å². The third-order valence-electron chi connectivity index (χ3n) is 3.22. The molecular weight excluding hydrogens is 364 g/mol. The molecular formula is C17H19BrO5. The normalized spacial score (nSPS) is 10.7. The highest BCUT2D eigenvalue weighted by atomic mass is 79.9. The Kier molecular flexibility index (Phi) is 6.65. The zero-order valence-electron chi connectivity index (χ0n) is 13.0. The summed E-state index contributed by atoms with van der Waals surface area (Å²) in [5.41, 5.74) is 0.0386. The van der Waals surface area contributed by atoms with Crippen LogP contribution in [0.15, 0.2) is 33.5 Å². The lowest BCUT2D eigenvalue weighted by Gasteiger charge is -2.07. The highest BCUT2D eigenvalue weighted by molar-refractivity contribution is 9.09. The van der Waals surface area contributed by atoms with Gasteiger partial charge in [0.25, 0.3) is 0 Å². The minimum absolute atomic E-state index is 0.0983. The summed E-state index contributed by atoms with van der Waals surface area (Å²) in [6.45, 7) is 2.51. The minimum atomic E-state index is -0.646. The summed E-state index contributed by atoms with van der Waals surface area (Å²) in [5, 5.41) is 1.40. The largest absolute Gasteiger partial charge is 0.493 e. The molecule has 0 spiro atoms. The number of fused-ring (bicyclic) bond motifs is 1. The molecule has 23 heavy (non-hydrogen) atoms. The van der Waals surface area contributed by atoms with Gasteiger partial charge in [0.15, 0.2) is 5.43 Å². The third-order valence-corrected chi connectivity index (χ3v) is 3.78. The van der Waals surface area contributed by atoms with E-state index >= 15 is 0 Å². The predicted octanol–water partition coefficient (Wildman–Crippen LogP) is 3.91. The monoisotopic (exact) mass is 382 g/mol. The molecule has 0 saturated carbocycles. The summed E-state index contributed by atoms with van der Waals surface area (Å²) in [7, 11) is 0. The molecule has 0 aliphatic heterocycles. The summed E-state index contributed by atoms with van der Waals surface area (Å²) in [4.78, 5) is 23.7. The maximum absolute atomic E-state index is 12.0. The summed E-state index contributed by atoms with van der Waals surface area (Å²) in [6.07, 6.45) is 3.15. The second-order valence-corrected chi connectivity index (χ2v) is 5.74. The molecule has 0 amide bonds. The minimum Gasteiger partial charge on any atom is -0.493 e. The molecule has 2 aromatic rings. The SMILES string of the molecule is CCOC(=O)c1cc(=O)c2ccc(OCCCCCBr)cc2o1. The quantitative estimate of drug-likeness (QED) is 0.393. The molecule has 0 aliphatic rings. The standard InChI is InChI=1S/C17H19BrO5/c1-2-21-17(20)16-11-14(19)13-7-6-12(10-15(13)23-16)22-9-5-3-4-8-18/h6-7,10-11H,2-5,8-9H2,1H3. The first-order valence-electron chi connectivity index (χ1n) is 7.59. The number of rotatable bonds is 8. The van der Waals surface area contributed by atoms with E-state index < -0.39 is 5.97 Å². The van der Waals surface area contributed by atoms with Crippen molar-refractivity contribution in [1.29, 1.82) is 0 Å². The number of halogens is 1. The summed E-state index contributed by atoms with van der Waals surface area (Å²) in [5.74, 6) is -0.132. The fourth-order valence-electron chi connectivity index (χ4n) is 2.09. The van der Waals surface area contributed by atoms with Crippen molar-refractivity contribution in [2.24, 2.45) is 0 Å². The van der Waals surface area contributed by atoms with Gasteiger partial charge in [-0.3, -0.25) is 4.79 Å². The molecule has 0 radical (unpaired) electrons. The molecule has 0 atom stereocenters. The van der Waals surface area contributed by atoms with Crippen molar-refractivity contribution in [2.45, 2.75) is 26.2 Å². The number of benzene rings is 1. The number of unbranched alkanes of at least 4 members (excludes halogenated alkanes) is 2. The first-order chi connectivity index (χ1) is 11.2. The van der Waals surface area contributed by atoms with Crippen molar-refractivity contribution in [2.75, 3.05) is 18.5 Å². The highest BCUT2D eigenvalue weighted by Gasteiger charge is 2.13. The first-order valence-corrected chi connectivity index (χ1v) is 8.71. The molecule has 0 N–H and O–H groups in total. The number of esters is 1. The van der Waals surface area contributed by atoms with E-state index in [0.717, 1.165) is 30.7 Å². The molecule has 0 unspecified atom stereocenters. The van der Waals surface area contributed by atoms with E-state index in [4.69, 9.17) is 13.9 Å². The number of hydrogen-bond acceptors (Lipinski definition) is 5. The highest BCUT2D eigenvalue weighted by Crippen LogP contribution is 2.20. The maximum Gasteiger partial charge on any atom is 0.374 e. The van der Waals surface area contributed by atoms with Gasteiger partial charge >= 0.3 is 5.97 Å². The van der Waals surface area contributed by atoms with Crippen LogP contribution in [-0.4, -0.2) is 24.5 Å². The van der Waals surface area contributed by atoms with Crippen LogP contribution >= 0.6 is 15.9 Å². The zero-order chi connectivity index (χ0) is 16.7. The second-order valence-electron chi connectivity index (χ2n) is 4.95. The van der Waals surface area contributed by atoms with Crippen LogP contribution in [0.4, 0.5) is 0 Å². The van der Waals surface area contributed by atoms with Gasteiger partial charge in [-0.15, -0.1) is 0 Å². The second kappa shape index (κ2) is 8.72. The van der Waals surface area contributed by atoms with Crippen molar-refractivity contribution < 1.29 is 18.7 Å². The molecule has 1 aromatic carbocycles. The van der Waals surface area contributed by atoms with E-state index in [1.807, 2.05) is 0 Å². The van der Waals surface area contributed by atoms with Crippen molar-refractivity contribution >= 4 is 32.9 Å². The lowest BCUT2D eigenvalue weighted by atomic mass is 10.2. The summed E-state index contributed by atoms with van der Waals surface area (Å²) in [6, 6.07) is 6.16. The molecule has 0 aliphatic carbocycles. The Hall–Kier alpha value is -1.82. The lowest BCUT2D eigenvalue weighted by Crippen LogP contribution is -2.10. The number of carbonyl (C=O) groups excluding carboxylic acids is 1. The molecule has 6 heteroatoms. The number of ether oxygens (including phenoxy) is 2. The number of alkyl halides is 1. The van der Waals surface area contributed by atoms with Gasteiger partial charge in [0.1, 0.15) is 11.3 Å². The van der Waals surface area contributed by atoms with Crippen LogP contribution in [0.2, 0.25) is 0 Å². The summed E-state index contributed by atoms with van der Waals surface area (Å²) >= 11 is 3.39. The Labute approximate surface area is 142 Å². The first kappa shape index (κ1) is 17.5. The molecule has 1 heterocycles. The van der Waals surface area contributed by atoms with Crippen molar-refractivity contribution in [3.8, 4) is 5.75 Å². The molecule has 0 saturated heterocycles. The van der Waals surface area contributed by atoms with E-state index in [1.54, 1.807) is 25.1 Å². The van der Waals surface area contributed by atoms with Crippen LogP contribution in [0.1, 0.15) is 36.7 Å². The fourth-order valence-corrected chi connectivity index (χ4v) is 2.49. The van der Waals surface area contributed by atoms with E-state index in [0.29, 0.717) is 23.3 Å². The van der Waals surface area contributed by atoms with E-state index in [9.17, 15) is 9.59 Å². The van der Waals surface area contributed by atoms with Crippen LogP contribution in [0, 0.1) is 0 Å². The Bertz CT molecular complexity index is 722. The molecule has 5 nitrogen and oxygen atoms in total. The Balaban J connectivity index is 2.16. The van der Waals surface area contributed by atoms with Crippen LogP contribution < -0.4 is 10.2 Å². The van der Waals surface area contributed by atoms with Crippen molar-refractivity contribution in [1.82, 2.24) is 0 Å². The molecule has 0 bridgehead atoms. The van der Waals surface area contributed by atoms with E-state index in [-0.39, 0.29) is 17.8 Å². The molecule has 0 fully saturated rings. The van der Waals surface area contributed by atoms with Crippen LogP contribution in [0.3, 0.4) is 0 Å². The molecule has 1 aromatic heterocycles. The van der Waals surface area contributed by atoms with E-state index in [2.05, 4.69) is 15.9 Å². The third kappa shape index (κ3) is 4.82. The van der Waals surface area contributed by atoms with Crippen LogP contribution in [0.5, 0.6) is 5.75 Å². The van der Waals surface area contributed by atoms with Gasteiger partial charge in [0, 0.05) is 17.5 Å². The maximum atomic E-state index is 12.0. The number of carbonyl (C=O) groups is 1. The van der Waals surface area contributed by atoms with Crippen LogP contribution in [0.25, 0.3) is 11.0 Å². The van der Waals surface area contributed by atoms with Crippen molar-refractivity contribution in [3.05, 3.63) is 40.2 Å². The average molecular weight is 383 g/mol.